The van der Waals surface area contributed by atoms with E-state index in [0.29, 0.717) is 24.0 Å². The summed E-state index contributed by atoms with van der Waals surface area (Å²) in [5.41, 5.74) is 2.29. The Kier molecular flexibility index (Phi) is 4.25. The van der Waals surface area contributed by atoms with Gasteiger partial charge in [0.2, 0.25) is 0 Å². The lowest BCUT2D eigenvalue weighted by atomic mass is 9.46. The maximum absolute atomic E-state index is 13.2. The second-order valence-electron chi connectivity index (χ2n) is 9.84. The third kappa shape index (κ3) is 2.61. The average Bonchev–Trinajstić information content (AvgIpc) is 3.12. The molecule has 3 fully saturated rings. The van der Waals surface area contributed by atoms with Crippen molar-refractivity contribution in [2.45, 2.75) is 63.9 Å². The second-order valence-corrected chi connectivity index (χ2v) is 11.4. The smallest absolute Gasteiger partial charge is 0.264 e. The maximum Gasteiger partial charge on any atom is 0.264 e. The van der Waals surface area contributed by atoms with Crippen molar-refractivity contribution in [2.75, 3.05) is 13.4 Å². The molecule has 1 aromatic carbocycles. The molecule has 1 spiro atoms. The van der Waals surface area contributed by atoms with Crippen molar-refractivity contribution >= 4 is 15.9 Å². The van der Waals surface area contributed by atoms with Crippen LogP contribution >= 0.6 is 0 Å². The monoisotopic (exact) mass is 418 g/mol. The SMILES string of the molecule is COc1ccc2c(c1)CC[C@@H]1[C@@H]2CC[C@]2(C)C(=O)C[C@H]3[C@@H](OS(C)(=O)=O)CC[C@]132. The summed E-state index contributed by atoms with van der Waals surface area (Å²) in [5.74, 6) is 2.08. The zero-order valence-electron chi connectivity index (χ0n) is 17.4. The number of carbonyl (C=O) groups is 1. The first-order chi connectivity index (χ1) is 13.7. The highest BCUT2D eigenvalue weighted by atomic mass is 32.2. The van der Waals surface area contributed by atoms with Gasteiger partial charge in [0.25, 0.3) is 10.1 Å². The van der Waals surface area contributed by atoms with Gasteiger partial charge < -0.3 is 4.74 Å². The van der Waals surface area contributed by atoms with Crippen LogP contribution in [0.5, 0.6) is 5.75 Å². The Hall–Kier alpha value is -1.40. The molecule has 0 N–H and O–H groups in total. The van der Waals surface area contributed by atoms with Crippen molar-refractivity contribution < 1.29 is 22.1 Å². The molecule has 0 unspecified atom stereocenters. The first kappa shape index (κ1) is 19.6. The highest BCUT2D eigenvalue weighted by Crippen LogP contribution is 2.74. The molecule has 5 rings (SSSR count). The summed E-state index contributed by atoms with van der Waals surface area (Å²) >= 11 is 0. The Morgan fingerprint density at radius 1 is 1.10 bits per heavy atom. The molecule has 6 heteroatoms. The summed E-state index contributed by atoms with van der Waals surface area (Å²) in [6.07, 6.45) is 6.83. The molecule has 0 bridgehead atoms. The molecule has 0 amide bonds. The summed E-state index contributed by atoms with van der Waals surface area (Å²) in [6.45, 7) is 2.16. The molecule has 0 radical (unpaired) electrons. The van der Waals surface area contributed by atoms with Gasteiger partial charge in [0.1, 0.15) is 11.5 Å². The Balaban J connectivity index is 1.57. The number of ketones is 1. The van der Waals surface area contributed by atoms with Gasteiger partial charge in [0.05, 0.1) is 19.5 Å². The molecule has 0 aliphatic heterocycles. The third-order valence-corrected chi connectivity index (χ3v) is 9.47. The normalized spacial score (nSPS) is 40.7. The first-order valence-corrected chi connectivity index (χ1v) is 12.6. The molecule has 158 valence electrons. The van der Waals surface area contributed by atoms with Crippen molar-refractivity contribution in [3.63, 3.8) is 0 Å². The Morgan fingerprint density at radius 3 is 2.62 bits per heavy atom. The van der Waals surface area contributed by atoms with Gasteiger partial charge in [-0.1, -0.05) is 13.0 Å². The number of hydrogen-bond donors (Lipinski definition) is 0. The Bertz CT molecular complexity index is 969. The van der Waals surface area contributed by atoms with Gasteiger partial charge in [-0.25, -0.2) is 0 Å². The van der Waals surface area contributed by atoms with E-state index < -0.39 is 10.1 Å². The molecule has 4 aliphatic carbocycles. The van der Waals surface area contributed by atoms with E-state index in [1.54, 1.807) is 7.11 Å². The van der Waals surface area contributed by atoms with Crippen LogP contribution in [0, 0.1) is 22.7 Å². The van der Waals surface area contributed by atoms with Crippen LogP contribution in [0.25, 0.3) is 0 Å². The Labute approximate surface area is 173 Å². The van der Waals surface area contributed by atoms with E-state index in [0.717, 1.165) is 50.5 Å². The minimum atomic E-state index is -3.54. The van der Waals surface area contributed by atoms with Crippen molar-refractivity contribution in [2.24, 2.45) is 22.7 Å². The van der Waals surface area contributed by atoms with E-state index in [4.69, 9.17) is 8.92 Å². The largest absolute Gasteiger partial charge is 0.497 e. The summed E-state index contributed by atoms with van der Waals surface area (Å²) in [6, 6.07) is 6.43. The minimum Gasteiger partial charge on any atom is -0.497 e. The van der Waals surface area contributed by atoms with Crippen LogP contribution in [-0.2, 0) is 25.5 Å². The van der Waals surface area contributed by atoms with Crippen LogP contribution in [0.2, 0.25) is 0 Å². The number of benzene rings is 1. The summed E-state index contributed by atoms with van der Waals surface area (Å²) in [7, 11) is -1.83. The van der Waals surface area contributed by atoms with Gasteiger partial charge in [-0.3, -0.25) is 8.98 Å². The number of carbonyl (C=O) groups excluding carboxylic acids is 1. The number of hydrogen-bond acceptors (Lipinski definition) is 5. The lowest BCUT2D eigenvalue weighted by Gasteiger charge is -2.57. The average molecular weight is 419 g/mol. The summed E-state index contributed by atoms with van der Waals surface area (Å²) in [5, 5.41) is 0. The molecule has 6 atom stereocenters. The first-order valence-electron chi connectivity index (χ1n) is 10.8. The standard InChI is InChI=1S/C23H30O5S/c1-22-10-8-17-16-6-5-15(27-2)12-14(16)4-7-18(17)23(22)11-9-20(28-29(3,25)26)19(23)13-21(22)24/h5-6,12,17-20H,4,7-11,13H2,1-3H3/t17-,18-,19+,20+,22-,23+/m1/s1. The van der Waals surface area contributed by atoms with Gasteiger partial charge in [-0.15, -0.1) is 0 Å². The van der Waals surface area contributed by atoms with E-state index in [2.05, 4.69) is 19.1 Å². The van der Waals surface area contributed by atoms with Crippen molar-refractivity contribution in [1.29, 1.82) is 0 Å². The number of Topliss-reactive ketones (excluding diaryl/α,β-unsaturated/α-hetero) is 1. The molecular weight excluding hydrogens is 388 g/mol. The molecule has 3 saturated carbocycles. The lowest BCUT2D eigenvalue weighted by Crippen LogP contribution is -2.53. The van der Waals surface area contributed by atoms with E-state index in [-0.39, 0.29) is 22.9 Å². The second kappa shape index (κ2) is 6.30. The topological polar surface area (TPSA) is 69.7 Å². The molecule has 0 saturated heterocycles. The third-order valence-electron chi connectivity index (χ3n) is 8.88. The van der Waals surface area contributed by atoms with Crippen LogP contribution in [0.15, 0.2) is 18.2 Å². The minimum absolute atomic E-state index is 0.0160. The van der Waals surface area contributed by atoms with E-state index in [1.165, 1.54) is 11.1 Å². The number of ether oxygens (including phenoxy) is 1. The molecule has 4 aliphatic rings. The predicted octanol–water partition coefficient (Wildman–Crippen LogP) is 3.86. The highest BCUT2D eigenvalue weighted by molar-refractivity contribution is 7.86. The molecule has 1 aromatic rings. The quantitative estimate of drug-likeness (QED) is 0.697. The summed E-state index contributed by atoms with van der Waals surface area (Å²) in [4.78, 5) is 13.2. The van der Waals surface area contributed by atoms with E-state index in [9.17, 15) is 13.2 Å². The fourth-order valence-corrected chi connectivity index (χ4v) is 8.48. The molecule has 0 aromatic heterocycles. The molecule has 29 heavy (non-hydrogen) atoms. The number of fused-ring (bicyclic) bond motifs is 3. The fraction of sp³-hybridized carbons (Fsp3) is 0.696. The van der Waals surface area contributed by atoms with Crippen molar-refractivity contribution in [3.8, 4) is 5.75 Å². The lowest BCUT2D eigenvalue weighted by molar-refractivity contribution is -0.137. The van der Waals surface area contributed by atoms with Gasteiger partial charge in [-0.2, -0.15) is 8.42 Å². The number of rotatable bonds is 3. The Morgan fingerprint density at radius 2 is 1.90 bits per heavy atom. The van der Waals surface area contributed by atoms with Crippen molar-refractivity contribution in [1.82, 2.24) is 0 Å². The highest BCUT2D eigenvalue weighted by Gasteiger charge is 2.72. The predicted molar refractivity (Wildman–Crippen MR) is 109 cm³/mol. The van der Waals surface area contributed by atoms with Crippen LogP contribution in [0.4, 0.5) is 0 Å². The fourth-order valence-electron chi connectivity index (χ4n) is 7.80. The van der Waals surface area contributed by atoms with Crippen LogP contribution in [0.3, 0.4) is 0 Å². The van der Waals surface area contributed by atoms with Crippen LogP contribution in [0.1, 0.15) is 62.5 Å². The van der Waals surface area contributed by atoms with Gasteiger partial charge in [0, 0.05) is 17.8 Å². The molecule has 0 heterocycles. The van der Waals surface area contributed by atoms with Crippen molar-refractivity contribution in [3.05, 3.63) is 29.3 Å². The van der Waals surface area contributed by atoms with E-state index in [1.807, 2.05) is 6.07 Å². The van der Waals surface area contributed by atoms with Gasteiger partial charge in [0.15, 0.2) is 0 Å². The van der Waals surface area contributed by atoms with E-state index >= 15 is 0 Å². The molecular formula is C23H30O5S. The number of methoxy groups -OCH3 is 1. The van der Waals surface area contributed by atoms with Crippen LogP contribution < -0.4 is 4.74 Å². The zero-order valence-corrected chi connectivity index (χ0v) is 18.3. The van der Waals surface area contributed by atoms with Crippen LogP contribution in [-0.4, -0.2) is 33.7 Å². The zero-order chi connectivity index (χ0) is 20.6. The van der Waals surface area contributed by atoms with Gasteiger partial charge in [-0.05, 0) is 79.0 Å². The number of aryl methyl sites for hydroxylation is 1. The van der Waals surface area contributed by atoms with Gasteiger partial charge >= 0.3 is 0 Å². The summed E-state index contributed by atoms with van der Waals surface area (Å²) < 4.78 is 34.7. The molecule has 5 nitrogen and oxygen atoms in total. The maximum atomic E-state index is 13.2.